The molecule has 1 aromatic heterocycles. The van der Waals surface area contributed by atoms with Gasteiger partial charge in [0.2, 0.25) is 0 Å². The maximum atomic E-state index is 12.6. The van der Waals surface area contributed by atoms with Gasteiger partial charge in [-0.15, -0.1) is 24.0 Å². The molecule has 1 aliphatic rings. The number of alkyl halides is 3. The van der Waals surface area contributed by atoms with Crippen molar-refractivity contribution >= 4 is 40.0 Å². The van der Waals surface area contributed by atoms with Crippen molar-refractivity contribution in [3.05, 3.63) is 18.2 Å². The number of hydrogen-bond acceptors (Lipinski definition) is 4. The molecule has 2 rings (SSSR count). The van der Waals surface area contributed by atoms with E-state index in [9.17, 15) is 21.6 Å². The Hall–Kier alpha value is -1.09. The van der Waals surface area contributed by atoms with Crippen LogP contribution in [0, 0.1) is 11.8 Å². The Kier molecular flexibility index (Phi) is 10.3. The third-order valence-electron chi connectivity index (χ3n) is 4.77. The lowest BCUT2D eigenvalue weighted by Crippen LogP contribution is -2.47. The van der Waals surface area contributed by atoms with E-state index in [-0.39, 0.29) is 43.0 Å². The molecule has 1 aliphatic heterocycles. The van der Waals surface area contributed by atoms with Gasteiger partial charge in [-0.05, 0) is 24.7 Å². The highest BCUT2D eigenvalue weighted by atomic mass is 127. The van der Waals surface area contributed by atoms with Gasteiger partial charge in [-0.1, -0.05) is 13.8 Å². The van der Waals surface area contributed by atoms with Crippen LogP contribution in [-0.2, 0) is 23.1 Å². The van der Waals surface area contributed by atoms with Gasteiger partial charge < -0.3 is 15.2 Å². The predicted octanol–water partition coefficient (Wildman–Crippen LogP) is 2.38. The topological polar surface area (TPSA) is 91.6 Å². The van der Waals surface area contributed by atoms with Crippen LogP contribution in [0.25, 0.3) is 0 Å². The number of nitrogens with one attached hydrogen (secondary N) is 2. The minimum absolute atomic E-state index is 0. The van der Waals surface area contributed by atoms with Gasteiger partial charge in [0.1, 0.15) is 5.82 Å². The molecule has 0 aliphatic carbocycles. The zero-order valence-electron chi connectivity index (χ0n) is 17.3. The summed E-state index contributed by atoms with van der Waals surface area (Å²) in [6.45, 7) is 5.84. The Morgan fingerprint density at radius 1 is 1.30 bits per heavy atom. The van der Waals surface area contributed by atoms with Crippen molar-refractivity contribution in [1.29, 1.82) is 0 Å². The molecule has 0 unspecified atom stereocenters. The summed E-state index contributed by atoms with van der Waals surface area (Å²) in [5.41, 5.74) is -5.24. The molecule has 0 amide bonds. The summed E-state index contributed by atoms with van der Waals surface area (Å²) in [5.74, 6) is 2.00. The molecule has 1 saturated heterocycles. The van der Waals surface area contributed by atoms with Crippen LogP contribution in [0.2, 0.25) is 0 Å². The van der Waals surface area contributed by atoms with Crippen molar-refractivity contribution in [3.63, 3.8) is 0 Å². The molecule has 2 heterocycles. The van der Waals surface area contributed by atoms with Crippen LogP contribution in [0.1, 0.15) is 32.5 Å². The van der Waals surface area contributed by atoms with Gasteiger partial charge in [0, 0.05) is 45.6 Å². The van der Waals surface area contributed by atoms with Crippen molar-refractivity contribution in [2.45, 2.75) is 45.3 Å². The molecule has 8 nitrogen and oxygen atoms in total. The quantitative estimate of drug-likeness (QED) is 0.301. The molecule has 2 N–H and O–H groups in total. The maximum absolute atomic E-state index is 12.6. The Morgan fingerprint density at radius 3 is 2.47 bits per heavy atom. The van der Waals surface area contributed by atoms with Crippen LogP contribution in [0.3, 0.4) is 0 Å². The second-order valence-electron chi connectivity index (χ2n) is 7.49. The summed E-state index contributed by atoms with van der Waals surface area (Å²) in [5, 5.41) is 6.34. The van der Waals surface area contributed by atoms with Crippen LogP contribution in [0.15, 0.2) is 17.4 Å². The summed E-state index contributed by atoms with van der Waals surface area (Å²) in [7, 11) is -3.60. The van der Waals surface area contributed by atoms with Crippen molar-refractivity contribution in [1.82, 2.24) is 24.5 Å². The first-order chi connectivity index (χ1) is 13.5. The molecule has 0 radical (unpaired) electrons. The highest BCUT2D eigenvalue weighted by Gasteiger charge is 2.50. The molecule has 30 heavy (non-hydrogen) atoms. The normalized spacial score (nSPS) is 17.1. The Balaban J connectivity index is 0.00000450. The predicted molar refractivity (Wildman–Crippen MR) is 120 cm³/mol. The molecule has 174 valence electrons. The van der Waals surface area contributed by atoms with Gasteiger partial charge in [0.05, 0.1) is 6.54 Å². The standard InChI is InChI=1S/C17H29F3N6O2S.HI/c1-13(2)12-25-9-6-22-15(25)11-24-16(21-3)23-10-14-4-7-26(8-5-14)29(27,28)17(18,19)20;/h6,9,13-14H,4-5,7-8,10-12H2,1-3H3,(H2,21,23,24);1H. The molecule has 1 aromatic rings. The average Bonchev–Trinajstić information content (AvgIpc) is 3.07. The van der Waals surface area contributed by atoms with Crippen molar-refractivity contribution in [2.24, 2.45) is 16.8 Å². The van der Waals surface area contributed by atoms with Crippen LogP contribution in [0.4, 0.5) is 13.2 Å². The van der Waals surface area contributed by atoms with Gasteiger partial charge in [0.15, 0.2) is 5.96 Å². The third-order valence-corrected chi connectivity index (χ3v) is 6.40. The van der Waals surface area contributed by atoms with E-state index >= 15 is 0 Å². The first kappa shape index (κ1) is 26.9. The molecule has 0 spiro atoms. The van der Waals surface area contributed by atoms with Crippen LogP contribution in [-0.4, -0.2) is 60.4 Å². The van der Waals surface area contributed by atoms with Crippen molar-refractivity contribution in [3.8, 4) is 0 Å². The zero-order chi connectivity index (χ0) is 21.7. The average molecular weight is 566 g/mol. The van der Waals surface area contributed by atoms with E-state index < -0.39 is 15.5 Å². The van der Waals surface area contributed by atoms with E-state index in [4.69, 9.17) is 0 Å². The molecule has 0 bridgehead atoms. The minimum atomic E-state index is -5.24. The number of hydrogen-bond donors (Lipinski definition) is 2. The SMILES string of the molecule is CN=C(NCc1nccn1CC(C)C)NCC1CCN(S(=O)(=O)C(F)(F)F)CC1.I. The van der Waals surface area contributed by atoms with Gasteiger partial charge in [-0.25, -0.2) is 13.4 Å². The van der Waals surface area contributed by atoms with E-state index in [1.807, 2.05) is 6.20 Å². The number of halogens is 4. The van der Waals surface area contributed by atoms with Gasteiger partial charge in [0.25, 0.3) is 0 Å². The second-order valence-corrected chi connectivity index (χ2v) is 9.42. The molecule has 0 atom stereocenters. The Labute approximate surface area is 192 Å². The molecule has 13 heteroatoms. The fourth-order valence-corrected chi connectivity index (χ4v) is 4.18. The number of sulfonamides is 1. The molecular weight excluding hydrogens is 536 g/mol. The summed E-state index contributed by atoms with van der Waals surface area (Å²) >= 11 is 0. The first-order valence-electron chi connectivity index (χ1n) is 9.55. The zero-order valence-corrected chi connectivity index (χ0v) is 20.5. The second kappa shape index (κ2) is 11.5. The lowest BCUT2D eigenvalue weighted by atomic mass is 9.98. The molecule has 0 aromatic carbocycles. The van der Waals surface area contributed by atoms with Crippen LogP contribution < -0.4 is 10.6 Å². The lowest BCUT2D eigenvalue weighted by molar-refractivity contribution is -0.0496. The molecule has 1 fully saturated rings. The van der Waals surface area contributed by atoms with E-state index in [0.29, 0.717) is 42.1 Å². The van der Waals surface area contributed by atoms with Crippen LogP contribution in [0.5, 0.6) is 0 Å². The van der Waals surface area contributed by atoms with E-state index in [1.54, 1.807) is 13.2 Å². The minimum Gasteiger partial charge on any atom is -0.356 e. The molecular formula is C17H30F3IN6O2S. The summed E-state index contributed by atoms with van der Waals surface area (Å²) in [6, 6.07) is 0. The van der Waals surface area contributed by atoms with E-state index in [0.717, 1.165) is 12.4 Å². The number of aliphatic imine (C=N–C) groups is 1. The van der Waals surface area contributed by atoms with Crippen LogP contribution >= 0.6 is 24.0 Å². The smallest absolute Gasteiger partial charge is 0.356 e. The fraction of sp³-hybridized carbons (Fsp3) is 0.765. The van der Waals surface area contributed by atoms with Crippen molar-refractivity contribution in [2.75, 3.05) is 26.7 Å². The maximum Gasteiger partial charge on any atom is 0.511 e. The Morgan fingerprint density at radius 2 is 1.93 bits per heavy atom. The van der Waals surface area contributed by atoms with E-state index in [1.165, 1.54) is 0 Å². The number of imidazole rings is 1. The number of rotatable bonds is 7. The lowest BCUT2D eigenvalue weighted by Gasteiger charge is -2.31. The number of guanidine groups is 1. The molecule has 0 saturated carbocycles. The van der Waals surface area contributed by atoms with Gasteiger partial charge >= 0.3 is 15.5 Å². The Bertz CT molecular complexity index is 790. The summed E-state index contributed by atoms with van der Waals surface area (Å²) in [6.07, 6.45) is 4.39. The highest BCUT2D eigenvalue weighted by molar-refractivity contribution is 14.0. The van der Waals surface area contributed by atoms with Gasteiger partial charge in [-0.2, -0.15) is 17.5 Å². The van der Waals surface area contributed by atoms with Gasteiger partial charge in [-0.3, -0.25) is 4.99 Å². The largest absolute Gasteiger partial charge is 0.511 e. The first-order valence-corrected chi connectivity index (χ1v) is 11.0. The number of piperidine rings is 1. The number of aromatic nitrogens is 2. The fourth-order valence-electron chi connectivity index (χ4n) is 3.19. The monoisotopic (exact) mass is 566 g/mol. The van der Waals surface area contributed by atoms with Crippen molar-refractivity contribution < 1.29 is 21.6 Å². The third kappa shape index (κ3) is 7.25. The summed E-state index contributed by atoms with van der Waals surface area (Å²) in [4.78, 5) is 8.49. The highest BCUT2D eigenvalue weighted by Crippen LogP contribution is 2.30. The number of nitrogens with zero attached hydrogens (tertiary/aromatic N) is 4. The van der Waals surface area contributed by atoms with E-state index in [2.05, 4.69) is 39.0 Å². The summed E-state index contributed by atoms with van der Waals surface area (Å²) < 4.78 is 63.4.